The van der Waals surface area contributed by atoms with E-state index in [0.717, 1.165) is 0 Å². The van der Waals surface area contributed by atoms with Crippen molar-refractivity contribution in [2.24, 2.45) is 5.73 Å². The Balaban J connectivity index is 3.24. The molecule has 0 saturated carbocycles. The summed E-state index contributed by atoms with van der Waals surface area (Å²) in [7, 11) is 0. The zero-order chi connectivity index (χ0) is 10.8. The van der Waals surface area contributed by atoms with Crippen molar-refractivity contribution < 1.29 is 15.0 Å². The average molecular weight is 196 g/mol. The van der Waals surface area contributed by atoms with E-state index < -0.39 is 11.5 Å². The average Bonchev–Trinajstić information content (AvgIpc) is 2.17. The van der Waals surface area contributed by atoms with Gasteiger partial charge in [0.15, 0.2) is 0 Å². The summed E-state index contributed by atoms with van der Waals surface area (Å²) in [5, 5.41) is 17.8. The first-order valence-electron chi connectivity index (χ1n) is 4.07. The Kier molecular flexibility index (Phi) is 2.83. The summed E-state index contributed by atoms with van der Waals surface area (Å²) in [6.07, 6.45) is 1.48. The lowest BCUT2D eigenvalue weighted by Gasteiger charge is -2.21. The van der Waals surface area contributed by atoms with Crippen molar-refractivity contribution in [3.05, 3.63) is 29.6 Å². The Morgan fingerprint density at radius 2 is 2.36 bits per heavy atom. The Labute approximate surface area is 81.2 Å². The summed E-state index contributed by atoms with van der Waals surface area (Å²) in [4.78, 5) is 14.7. The molecule has 0 aliphatic heterocycles. The number of carbonyl (C=O) groups is 1. The van der Waals surface area contributed by atoms with Crippen LogP contribution in [0.25, 0.3) is 0 Å². The minimum atomic E-state index is -1.52. The first-order chi connectivity index (χ1) is 6.50. The maximum absolute atomic E-state index is 10.9. The first-order valence-corrected chi connectivity index (χ1v) is 4.07. The van der Waals surface area contributed by atoms with Crippen LogP contribution in [-0.4, -0.2) is 21.2 Å². The Bertz CT molecular complexity index is 350. The van der Waals surface area contributed by atoms with Gasteiger partial charge in [0.25, 0.3) is 0 Å². The molecule has 0 unspecified atom stereocenters. The quantitative estimate of drug-likeness (QED) is 0.623. The molecule has 0 aliphatic rings. The second-order valence-corrected chi connectivity index (χ2v) is 3.16. The summed E-state index contributed by atoms with van der Waals surface area (Å²) >= 11 is 0. The van der Waals surface area contributed by atoms with E-state index in [1.165, 1.54) is 13.1 Å². The van der Waals surface area contributed by atoms with Gasteiger partial charge >= 0.3 is 5.97 Å². The van der Waals surface area contributed by atoms with Crippen molar-refractivity contribution in [3.63, 3.8) is 0 Å². The number of carboxylic acids is 1. The van der Waals surface area contributed by atoms with Crippen molar-refractivity contribution in [3.8, 4) is 0 Å². The highest BCUT2D eigenvalue weighted by Crippen LogP contribution is 2.20. The van der Waals surface area contributed by atoms with Gasteiger partial charge in [-0.05, 0) is 13.0 Å². The number of nitrogens with zero attached hydrogens (tertiary/aromatic N) is 1. The largest absolute Gasteiger partial charge is 0.480 e. The summed E-state index contributed by atoms with van der Waals surface area (Å²) in [5.41, 5.74) is 4.71. The Morgan fingerprint density at radius 3 is 2.86 bits per heavy atom. The van der Waals surface area contributed by atoms with Gasteiger partial charge < -0.3 is 15.9 Å². The number of pyridine rings is 1. The van der Waals surface area contributed by atoms with Gasteiger partial charge in [-0.25, -0.2) is 4.79 Å². The second kappa shape index (κ2) is 3.73. The van der Waals surface area contributed by atoms with Crippen LogP contribution in [0.4, 0.5) is 0 Å². The van der Waals surface area contributed by atoms with Crippen LogP contribution in [0, 0.1) is 0 Å². The molecule has 5 nitrogen and oxygen atoms in total. The van der Waals surface area contributed by atoms with Gasteiger partial charge in [-0.3, -0.25) is 4.98 Å². The molecular formula is C9H12N2O3. The topological polar surface area (TPSA) is 96.4 Å². The molecule has 1 atom stereocenters. The van der Waals surface area contributed by atoms with Crippen LogP contribution < -0.4 is 5.73 Å². The highest BCUT2D eigenvalue weighted by molar-refractivity contribution is 5.80. The molecule has 5 heteroatoms. The smallest absolute Gasteiger partial charge is 0.328 e. The van der Waals surface area contributed by atoms with Crippen LogP contribution in [0.3, 0.4) is 0 Å². The van der Waals surface area contributed by atoms with Gasteiger partial charge in [-0.1, -0.05) is 6.07 Å². The third-order valence-corrected chi connectivity index (χ3v) is 2.04. The molecule has 14 heavy (non-hydrogen) atoms. The van der Waals surface area contributed by atoms with E-state index in [0.29, 0.717) is 11.3 Å². The fourth-order valence-electron chi connectivity index (χ4n) is 1.15. The van der Waals surface area contributed by atoms with E-state index in [-0.39, 0.29) is 6.61 Å². The van der Waals surface area contributed by atoms with Crippen LogP contribution in [0.5, 0.6) is 0 Å². The SMILES string of the molecule is C[C@](N)(C(=O)O)c1cccnc1CO. The first kappa shape index (κ1) is 10.6. The fourth-order valence-corrected chi connectivity index (χ4v) is 1.15. The second-order valence-electron chi connectivity index (χ2n) is 3.16. The zero-order valence-electron chi connectivity index (χ0n) is 7.77. The van der Waals surface area contributed by atoms with Gasteiger partial charge in [0, 0.05) is 11.8 Å². The predicted octanol–water partition coefficient (Wildman–Crippen LogP) is -0.168. The number of nitrogens with two attached hydrogens (primary N) is 1. The lowest BCUT2D eigenvalue weighted by atomic mass is 9.92. The van der Waals surface area contributed by atoms with Crippen LogP contribution in [-0.2, 0) is 16.9 Å². The van der Waals surface area contributed by atoms with Crippen molar-refractivity contribution >= 4 is 5.97 Å². The number of aliphatic hydroxyl groups excluding tert-OH is 1. The summed E-state index contributed by atoms with van der Waals surface area (Å²) in [6, 6.07) is 3.13. The third-order valence-electron chi connectivity index (χ3n) is 2.04. The van der Waals surface area contributed by atoms with E-state index in [2.05, 4.69) is 4.98 Å². The molecule has 0 fully saturated rings. The normalized spacial score (nSPS) is 14.8. The van der Waals surface area contributed by atoms with Gasteiger partial charge in [-0.15, -0.1) is 0 Å². The van der Waals surface area contributed by atoms with Crippen molar-refractivity contribution in [2.75, 3.05) is 0 Å². The standard InChI is InChI=1S/C9H12N2O3/c1-9(10,8(13)14)6-3-2-4-11-7(6)5-12/h2-4,12H,5,10H2,1H3,(H,13,14)/t9-/m1/s1. The van der Waals surface area contributed by atoms with Gasteiger partial charge in [0.2, 0.25) is 0 Å². The molecular weight excluding hydrogens is 184 g/mol. The van der Waals surface area contributed by atoms with E-state index in [1.807, 2.05) is 0 Å². The van der Waals surface area contributed by atoms with Crippen molar-refractivity contribution in [2.45, 2.75) is 19.1 Å². The molecule has 0 spiro atoms. The molecule has 76 valence electrons. The van der Waals surface area contributed by atoms with Gasteiger partial charge in [0.1, 0.15) is 5.54 Å². The Morgan fingerprint density at radius 1 is 1.71 bits per heavy atom. The maximum atomic E-state index is 10.9. The number of carboxylic acid groups (broad SMARTS) is 1. The molecule has 0 bridgehead atoms. The monoisotopic (exact) mass is 196 g/mol. The van der Waals surface area contributed by atoms with Crippen molar-refractivity contribution in [1.82, 2.24) is 4.98 Å². The molecule has 0 saturated heterocycles. The van der Waals surface area contributed by atoms with E-state index in [9.17, 15) is 4.79 Å². The number of aliphatic carboxylic acids is 1. The van der Waals surface area contributed by atoms with Crippen LogP contribution >= 0.6 is 0 Å². The lowest BCUT2D eigenvalue weighted by Crippen LogP contribution is -2.42. The number of aromatic nitrogens is 1. The number of hydrogen-bond acceptors (Lipinski definition) is 4. The molecule has 0 amide bonds. The Hall–Kier alpha value is -1.46. The lowest BCUT2D eigenvalue weighted by molar-refractivity contribution is -0.143. The van der Waals surface area contributed by atoms with Crippen molar-refractivity contribution in [1.29, 1.82) is 0 Å². The third kappa shape index (κ3) is 1.73. The van der Waals surface area contributed by atoms with E-state index in [1.54, 1.807) is 12.1 Å². The number of rotatable bonds is 3. The summed E-state index contributed by atoms with van der Waals surface area (Å²) in [5.74, 6) is -1.15. The van der Waals surface area contributed by atoms with E-state index >= 15 is 0 Å². The van der Waals surface area contributed by atoms with Gasteiger partial charge in [-0.2, -0.15) is 0 Å². The van der Waals surface area contributed by atoms with Crippen LogP contribution in [0.1, 0.15) is 18.2 Å². The summed E-state index contributed by atoms with van der Waals surface area (Å²) in [6.45, 7) is 1.04. The number of hydrogen-bond donors (Lipinski definition) is 3. The molecule has 1 rings (SSSR count). The highest BCUT2D eigenvalue weighted by atomic mass is 16.4. The molecule has 0 aliphatic carbocycles. The molecule has 1 aromatic rings. The minimum absolute atomic E-state index is 0.292. The zero-order valence-corrected chi connectivity index (χ0v) is 7.77. The van der Waals surface area contributed by atoms with E-state index in [4.69, 9.17) is 15.9 Å². The molecule has 0 aromatic carbocycles. The van der Waals surface area contributed by atoms with Crippen LogP contribution in [0.15, 0.2) is 18.3 Å². The minimum Gasteiger partial charge on any atom is -0.480 e. The van der Waals surface area contributed by atoms with Gasteiger partial charge in [0.05, 0.1) is 12.3 Å². The molecule has 0 radical (unpaired) electrons. The highest BCUT2D eigenvalue weighted by Gasteiger charge is 2.32. The maximum Gasteiger partial charge on any atom is 0.328 e. The summed E-state index contributed by atoms with van der Waals surface area (Å²) < 4.78 is 0. The molecule has 4 N–H and O–H groups in total. The predicted molar refractivity (Wildman–Crippen MR) is 49.3 cm³/mol. The molecule has 1 aromatic heterocycles. The molecule has 1 heterocycles. The fraction of sp³-hybridized carbons (Fsp3) is 0.333. The van der Waals surface area contributed by atoms with Crippen LogP contribution in [0.2, 0.25) is 0 Å². The number of aliphatic hydroxyl groups is 1.